The minimum atomic E-state index is -4.72. The first-order chi connectivity index (χ1) is 7.81. The number of nitrogens with zero attached hydrogens (tertiary/aromatic N) is 1. The Morgan fingerprint density at radius 1 is 1.47 bits per heavy atom. The lowest BCUT2D eigenvalue weighted by Crippen LogP contribution is -2.10. The van der Waals surface area contributed by atoms with Gasteiger partial charge in [0.2, 0.25) is 0 Å². The highest BCUT2D eigenvalue weighted by molar-refractivity contribution is 6.30. The number of hydrogen-bond acceptors (Lipinski definition) is 3. The van der Waals surface area contributed by atoms with E-state index in [0.29, 0.717) is 12.1 Å². The van der Waals surface area contributed by atoms with Crippen molar-refractivity contribution in [1.82, 2.24) is 0 Å². The molecule has 1 aromatic carbocycles. The number of carbonyl (C=O) groups is 1. The molecule has 7 heteroatoms. The second-order valence-electron chi connectivity index (χ2n) is 3.08. The SMILES string of the molecule is N#Cc1c(O)cc(C(F)(F)F)cc1C(=O)CCl. The average Bonchev–Trinajstić information content (AvgIpc) is 2.25. The Bertz CT molecular complexity index is 505. The number of alkyl halides is 4. The van der Waals surface area contributed by atoms with Crippen molar-refractivity contribution in [2.24, 2.45) is 0 Å². The molecule has 0 saturated heterocycles. The number of phenols is 1. The molecule has 0 aromatic heterocycles. The lowest BCUT2D eigenvalue weighted by atomic mass is 10.0. The molecule has 1 rings (SSSR count). The van der Waals surface area contributed by atoms with Gasteiger partial charge >= 0.3 is 6.18 Å². The number of carbonyl (C=O) groups excluding carboxylic acids is 1. The molecule has 0 fully saturated rings. The molecule has 0 heterocycles. The molecule has 0 radical (unpaired) electrons. The first kappa shape index (κ1) is 13.3. The van der Waals surface area contributed by atoms with Gasteiger partial charge in [0.15, 0.2) is 5.78 Å². The summed E-state index contributed by atoms with van der Waals surface area (Å²) < 4.78 is 37.2. The summed E-state index contributed by atoms with van der Waals surface area (Å²) in [7, 11) is 0. The van der Waals surface area contributed by atoms with E-state index in [1.165, 1.54) is 6.07 Å². The zero-order valence-electron chi connectivity index (χ0n) is 8.18. The Kier molecular flexibility index (Phi) is 3.63. The van der Waals surface area contributed by atoms with Crippen molar-refractivity contribution in [3.63, 3.8) is 0 Å². The standard InChI is InChI=1S/C10H5ClF3NO2/c11-3-9(17)6-1-5(10(12,13)14)2-8(16)7(6)4-15/h1-2,16H,3H2. The summed E-state index contributed by atoms with van der Waals surface area (Å²) in [4.78, 5) is 11.3. The maximum Gasteiger partial charge on any atom is 0.416 e. The Morgan fingerprint density at radius 3 is 2.47 bits per heavy atom. The molecule has 17 heavy (non-hydrogen) atoms. The molecule has 3 nitrogen and oxygen atoms in total. The largest absolute Gasteiger partial charge is 0.507 e. The predicted octanol–water partition coefficient (Wildman–Crippen LogP) is 2.70. The van der Waals surface area contributed by atoms with Gasteiger partial charge in [0.1, 0.15) is 17.4 Å². The first-order valence-corrected chi connectivity index (χ1v) is 4.78. The fourth-order valence-corrected chi connectivity index (χ4v) is 1.34. The minimum absolute atomic E-state index is 0.392. The summed E-state index contributed by atoms with van der Waals surface area (Å²) in [5, 5.41) is 17.9. The average molecular weight is 264 g/mol. The van der Waals surface area contributed by atoms with Gasteiger partial charge in [-0.2, -0.15) is 18.4 Å². The summed E-state index contributed by atoms with van der Waals surface area (Å²) in [5.74, 6) is -2.32. The molecule has 0 spiro atoms. The Hall–Kier alpha value is -1.74. The summed E-state index contributed by atoms with van der Waals surface area (Å²) in [5.41, 5.74) is -2.25. The number of halogens is 4. The van der Waals surface area contributed by atoms with E-state index in [2.05, 4.69) is 0 Å². The van der Waals surface area contributed by atoms with Crippen molar-refractivity contribution in [2.45, 2.75) is 6.18 Å². The van der Waals surface area contributed by atoms with Gasteiger partial charge in [-0.3, -0.25) is 4.79 Å². The highest BCUT2D eigenvalue weighted by Gasteiger charge is 2.33. The first-order valence-electron chi connectivity index (χ1n) is 4.24. The molecular weight excluding hydrogens is 259 g/mol. The molecule has 0 amide bonds. The van der Waals surface area contributed by atoms with Crippen LogP contribution in [0.15, 0.2) is 12.1 Å². The smallest absolute Gasteiger partial charge is 0.416 e. The van der Waals surface area contributed by atoms with Crippen molar-refractivity contribution < 1.29 is 23.1 Å². The summed E-state index contributed by atoms with van der Waals surface area (Å²) in [6.07, 6.45) is -4.72. The molecule has 0 saturated carbocycles. The monoisotopic (exact) mass is 263 g/mol. The van der Waals surface area contributed by atoms with Gasteiger partial charge in [-0.1, -0.05) is 0 Å². The van der Waals surface area contributed by atoms with E-state index in [1.807, 2.05) is 0 Å². The second-order valence-corrected chi connectivity index (χ2v) is 3.35. The van der Waals surface area contributed by atoms with Crippen LogP contribution in [0, 0.1) is 11.3 Å². The molecule has 0 atom stereocenters. The van der Waals surface area contributed by atoms with Gasteiger partial charge in [-0.05, 0) is 12.1 Å². The topological polar surface area (TPSA) is 61.1 Å². The van der Waals surface area contributed by atoms with E-state index in [9.17, 15) is 23.1 Å². The zero-order chi connectivity index (χ0) is 13.2. The van der Waals surface area contributed by atoms with E-state index in [1.54, 1.807) is 0 Å². The fraction of sp³-hybridized carbons (Fsp3) is 0.200. The number of benzene rings is 1. The molecule has 1 N–H and O–H groups in total. The van der Waals surface area contributed by atoms with E-state index >= 15 is 0 Å². The molecule has 1 aromatic rings. The van der Waals surface area contributed by atoms with Crippen molar-refractivity contribution in [2.75, 3.05) is 5.88 Å². The minimum Gasteiger partial charge on any atom is -0.507 e. The van der Waals surface area contributed by atoms with Crippen LogP contribution in [-0.4, -0.2) is 16.8 Å². The van der Waals surface area contributed by atoms with E-state index in [0.717, 1.165) is 0 Å². The number of rotatable bonds is 2. The predicted molar refractivity (Wildman–Crippen MR) is 52.9 cm³/mol. The maximum absolute atomic E-state index is 12.4. The normalized spacial score (nSPS) is 11.0. The lowest BCUT2D eigenvalue weighted by Gasteiger charge is -2.10. The Labute approximate surface area is 99.0 Å². The van der Waals surface area contributed by atoms with Crippen LogP contribution < -0.4 is 0 Å². The number of hydrogen-bond donors (Lipinski definition) is 1. The van der Waals surface area contributed by atoms with Gasteiger partial charge in [0.25, 0.3) is 0 Å². The van der Waals surface area contributed by atoms with Gasteiger partial charge in [-0.15, -0.1) is 11.6 Å². The van der Waals surface area contributed by atoms with Crippen molar-refractivity contribution >= 4 is 17.4 Å². The molecule has 0 aliphatic rings. The van der Waals surface area contributed by atoms with Crippen LogP contribution in [0.5, 0.6) is 5.75 Å². The summed E-state index contributed by atoms with van der Waals surface area (Å²) in [6.45, 7) is 0. The quantitative estimate of drug-likeness (QED) is 0.659. The number of Topliss-reactive ketones (excluding diaryl/α,β-unsaturated/α-hetero) is 1. The highest BCUT2D eigenvalue weighted by Crippen LogP contribution is 2.34. The van der Waals surface area contributed by atoms with Crippen molar-refractivity contribution in [3.8, 4) is 11.8 Å². The Balaban J connectivity index is 3.51. The van der Waals surface area contributed by atoms with Crippen LogP contribution in [-0.2, 0) is 6.18 Å². The number of phenolic OH excluding ortho intramolecular Hbond substituents is 1. The number of aromatic hydroxyl groups is 1. The molecular formula is C10H5ClF3NO2. The fourth-order valence-electron chi connectivity index (χ4n) is 1.20. The van der Waals surface area contributed by atoms with E-state index in [4.69, 9.17) is 16.9 Å². The molecule has 90 valence electrons. The van der Waals surface area contributed by atoms with Crippen LogP contribution in [0.2, 0.25) is 0 Å². The third-order valence-electron chi connectivity index (χ3n) is 1.98. The van der Waals surface area contributed by atoms with Crippen LogP contribution >= 0.6 is 11.6 Å². The molecule has 0 bridgehead atoms. The van der Waals surface area contributed by atoms with Crippen LogP contribution in [0.25, 0.3) is 0 Å². The van der Waals surface area contributed by atoms with Gasteiger partial charge in [0.05, 0.1) is 11.4 Å². The van der Waals surface area contributed by atoms with Crippen LogP contribution in [0.3, 0.4) is 0 Å². The van der Waals surface area contributed by atoms with Gasteiger partial charge < -0.3 is 5.11 Å². The van der Waals surface area contributed by atoms with Crippen LogP contribution in [0.1, 0.15) is 21.5 Å². The number of nitriles is 1. The molecule has 0 aliphatic carbocycles. The Morgan fingerprint density at radius 2 is 2.06 bits per heavy atom. The van der Waals surface area contributed by atoms with E-state index < -0.39 is 40.3 Å². The number of ketones is 1. The third-order valence-corrected chi connectivity index (χ3v) is 2.22. The summed E-state index contributed by atoms with van der Waals surface area (Å²) >= 11 is 5.21. The van der Waals surface area contributed by atoms with Crippen LogP contribution in [0.4, 0.5) is 13.2 Å². The molecule has 0 aliphatic heterocycles. The van der Waals surface area contributed by atoms with Crippen molar-refractivity contribution in [1.29, 1.82) is 5.26 Å². The van der Waals surface area contributed by atoms with Gasteiger partial charge in [-0.25, -0.2) is 0 Å². The van der Waals surface area contributed by atoms with Crippen molar-refractivity contribution in [3.05, 3.63) is 28.8 Å². The second kappa shape index (κ2) is 4.63. The molecule has 0 unspecified atom stereocenters. The summed E-state index contributed by atoms with van der Waals surface area (Å²) in [6, 6.07) is 2.36. The zero-order valence-corrected chi connectivity index (χ0v) is 8.93. The lowest BCUT2D eigenvalue weighted by molar-refractivity contribution is -0.137. The van der Waals surface area contributed by atoms with Gasteiger partial charge in [0, 0.05) is 5.56 Å². The highest BCUT2D eigenvalue weighted by atomic mass is 35.5. The van der Waals surface area contributed by atoms with E-state index in [-0.39, 0.29) is 0 Å². The third kappa shape index (κ3) is 2.68. The maximum atomic E-state index is 12.4.